The first kappa shape index (κ1) is 31.9. The topological polar surface area (TPSA) is 0 Å². The second kappa shape index (κ2) is 22.9. The van der Waals surface area contributed by atoms with Gasteiger partial charge in [0.25, 0.3) is 0 Å². The van der Waals surface area contributed by atoms with Gasteiger partial charge in [-0.15, -0.1) is 0 Å². The molecule has 0 spiro atoms. The lowest BCUT2D eigenvalue weighted by Crippen LogP contribution is -1.47. The van der Waals surface area contributed by atoms with Crippen LogP contribution in [0.4, 0.5) is 0 Å². The van der Waals surface area contributed by atoms with Crippen molar-refractivity contribution in [2.75, 3.05) is 0 Å². The monoisotopic (exact) mass is 138 g/mol. The van der Waals surface area contributed by atoms with E-state index in [0.717, 1.165) is 0 Å². The van der Waals surface area contributed by atoms with Gasteiger partial charge < -0.3 is 0 Å². The lowest BCUT2D eigenvalue weighted by molar-refractivity contribution is 1.72. The van der Waals surface area contributed by atoms with E-state index >= 15 is 0 Å². The second-order valence-electron chi connectivity index (χ2n) is 1.15. The summed E-state index contributed by atoms with van der Waals surface area (Å²) in [5.74, 6) is 0. The van der Waals surface area contributed by atoms with Crippen molar-refractivity contribution in [1.82, 2.24) is 0 Å². The third-order valence-corrected chi connectivity index (χ3v) is 0.667. The van der Waals surface area contributed by atoms with Crippen molar-refractivity contribution < 1.29 is 0 Å². The largest absolute Gasteiger partial charge is 0.0623 e. The van der Waals surface area contributed by atoms with Crippen molar-refractivity contribution in [2.45, 2.75) is 0 Å². The third-order valence-electron chi connectivity index (χ3n) is 0.667. The number of rotatable bonds is 0. The average Bonchev–Trinajstić information content (AvgIpc) is 1.72. The van der Waals surface area contributed by atoms with Crippen LogP contribution >= 0.6 is 0 Å². The highest BCUT2D eigenvalue weighted by Gasteiger charge is 1.57. The molecule has 0 bridgehead atoms. The first-order chi connectivity index (χ1) is 3.00. The van der Waals surface area contributed by atoms with Crippen LogP contribution in [0.3, 0.4) is 0 Å². The fourth-order valence-corrected chi connectivity index (χ4v) is 0.385. The molecule has 20 radical (unpaired) electrons. The van der Waals surface area contributed by atoms with Crippen LogP contribution in [0.25, 0.3) is 0 Å². The van der Waals surface area contributed by atoms with Crippen molar-refractivity contribution in [3.05, 3.63) is 73.5 Å². The van der Waals surface area contributed by atoms with Crippen molar-refractivity contribution in [2.24, 2.45) is 0 Å². The Balaban J connectivity index is -0.0000000240. The Morgan fingerprint density at radius 3 is 0.455 bits per heavy atom. The Labute approximate surface area is 74.3 Å². The molecule has 1 aromatic carbocycles. The Morgan fingerprint density at radius 1 is 0.273 bits per heavy atom. The lowest BCUT2D eigenvalue weighted by Gasteiger charge is -1.69. The van der Waals surface area contributed by atoms with E-state index in [4.69, 9.17) is 0 Å². The second-order valence-corrected chi connectivity index (χ2v) is 1.15. The molecule has 0 saturated heterocycles. The Hall–Kier alpha value is -0.780. The molecule has 0 nitrogen and oxygen atoms in total. The molecule has 0 aromatic heterocycles. The smallest absolute Gasteiger partial charge is 0 e. The molecule has 0 aliphatic carbocycles. The molecule has 0 atom stereocenters. The molecule has 0 heterocycles. The molecule has 11 heavy (non-hydrogen) atoms. The number of benzene rings is 1. The molecule has 0 fully saturated rings. The first-order valence-electron chi connectivity index (χ1n) is 2.00. The molecule has 0 heteroatoms. The van der Waals surface area contributed by atoms with Gasteiger partial charge in [-0.2, -0.15) is 0 Å². The summed E-state index contributed by atoms with van der Waals surface area (Å²) in [4.78, 5) is 0. The molecule has 1 aromatic rings. The van der Waals surface area contributed by atoms with Crippen LogP contribution in [0.5, 0.6) is 0 Å². The van der Waals surface area contributed by atoms with Gasteiger partial charge in [0.05, 0.1) is 0 Å². The van der Waals surface area contributed by atoms with E-state index in [2.05, 4.69) is 0 Å². The molecule has 0 unspecified atom stereocenters. The van der Waals surface area contributed by atoms with E-state index in [-0.39, 0.29) is 37.1 Å². The minimum atomic E-state index is 0. The summed E-state index contributed by atoms with van der Waals surface area (Å²) in [6.45, 7) is 0. The third kappa shape index (κ3) is 17.6. The van der Waals surface area contributed by atoms with Crippen LogP contribution in [0.15, 0.2) is 36.4 Å². The van der Waals surface area contributed by atoms with E-state index in [1.807, 2.05) is 36.4 Å². The summed E-state index contributed by atoms with van der Waals surface area (Å²) >= 11 is 0. The molecule has 0 aliphatic rings. The maximum atomic E-state index is 2.00. The summed E-state index contributed by atoms with van der Waals surface area (Å²) < 4.78 is 0. The van der Waals surface area contributed by atoms with Gasteiger partial charge in [-0.05, 0) is 0 Å². The zero-order chi connectivity index (χ0) is 4.24. The fourth-order valence-electron chi connectivity index (χ4n) is 0.385. The minimum Gasteiger partial charge on any atom is -0.0623 e. The maximum Gasteiger partial charge on any atom is 0 e. The van der Waals surface area contributed by atoms with Gasteiger partial charge in [0.1, 0.15) is 0 Å². The van der Waals surface area contributed by atoms with Crippen molar-refractivity contribution >= 4 is 0 Å². The van der Waals surface area contributed by atoms with E-state index in [1.54, 1.807) is 0 Å². The van der Waals surface area contributed by atoms with E-state index in [9.17, 15) is 0 Å². The molecule has 50 valence electrons. The number of hydrogen-bond donors (Lipinski definition) is 0. The summed E-state index contributed by atoms with van der Waals surface area (Å²) in [5, 5.41) is 0. The fraction of sp³-hybridized carbons (Fsp3) is 0. The SMILES string of the molecule is [C].[C].[C].[C].[C].c1ccccc1. The van der Waals surface area contributed by atoms with Gasteiger partial charge >= 0.3 is 0 Å². The summed E-state index contributed by atoms with van der Waals surface area (Å²) in [6, 6.07) is 12.0. The van der Waals surface area contributed by atoms with Gasteiger partial charge in [-0.25, -0.2) is 0 Å². The summed E-state index contributed by atoms with van der Waals surface area (Å²) in [6.07, 6.45) is 0. The zero-order valence-electron chi connectivity index (χ0n) is 5.96. The molecule has 1 rings (SSSR count). The lowest BCUT2D eigenvalue weighted by atomic mass is 10.4. The van der Waals surface area contributed by atoms with Crippen LogP contribution in [0.1, 0.15) is 0 Å². The zero-order valence-corrected chi connectivity index (χ0v) is 5.96. The van der Waals surface area contributed by atoms with Crippen LogP contribution in [0, 0.1) is 37.1 Å². The standard InChI is InChI=1S/C6H6.5C/c1-2-4-6-5-3-1;;;;;/h1-6H;;;;;. The van der Waals surface area contributed by atoms with Gasteiger partial charge in [0.15, 0.2) is 0 Å². The van der Waals surface area contributed by atoms with Gasteiger partial charge in [0.2, 0.25) is 0 Å². The molecule has 0 N–H and O–H groups in total. The predicted octanol–water partition coefficient (Wildman–Crippen LogP) is 2.09. The van der Waals surface area contributed by atoms with Crippen LogP contribution in [0.2, 0.25) is 0 Å². The van der Waals surface area contributed by atoms with E-state index < -0.39 is 0 Å². The van der Waals surface area contributed by atoms with Gasteiger partial charge in [0, 0.05) is 37.1 Å². The predicted molar refractivity (Wildman–Crippen MR) is 42.7 cm³/mol. The molecular formula is C11H6. The van der Waals surface area contributed by atoms with E-state index in [1.165, 1.54) is 0 Å². The first-order valence-corrected chi connectivity index (χ1v) is 2.00. The molecule has 0 saturated carbocycles. The highest BCUT2D eigenvalue weighted by molar-refractivity contribution is 4.99. The van der Waals surface area contributed by atoms with Crippen LogP contribution < -0.4 is 0 Å². The van der Waals surface area contributed by atoms with Crippen molar-refractivity contribution in [1.29, 1.82) is 0 Å². The van der Waals surface area contributed by atoms with Crippen molar-refractivity contribution in [3.63, 3.8) is 0 Å². The van der Waals surface area contributed by atoms with Gasteiger partial charge in [-0.3, -0.25) is 0 Å². The van der Waals surface area contributed by atoms with E-state index in [0.29, 0.717) is 0 Å². The summed E-state index contributed by atoms with van der Waals surface area (Å²) in [7, 11) is 0. The van der Waals surface area contributed by atoms with Crippen LogP contribution in [-0.4, -0.2) is 0 Å². The Bertz CT molecular complexity index is 72.0. The Kier molecular flexibility index (Phi) is 66.3. The van der Waals surface area contributed by atoms with Crippen LogP contribution in [-0.2, 0) is 0 Å². The summed E-state index contributed by atoms with van der Waals surface area (Å²) in [5.41, 5.74) is 0. The van der Waals surface area contributed by atoms with Gasteiger partial charge in [-0.1, -0.05) is 36.4 Å². The molecular weight excluding hydrogens is 132 g/mol. The Morgan fingerprint density at radius 2 is 0.364 bits per heavy atom. The van der Waals surface area contributed by atoms with Crippen molar-refractivity contribution in [3.8, 4) is 0 Å². The number of hydrogen-bond acceptors (Lipinski definition) is 0. The highest BCUT2D eigenvalue weighted by Crippen LogP contribution is 1.79. The quantitative estimate of drug-likeness (QED) is 0.515. The average molecular weight is 138 g/mol. The molecule has 0 amide bonds. The normalized spacial score (nSPS) is 4.36. The minimum absolute atomic E-state index is 0. The maximum absolute atomic E-state index is 2.00. The highest BCUT2D eigenvalue weighted by atomic mass is 13.6. The molecule has 0 aliphatic heterocycles.